The van der Waals surface area contributed by atoms with Gasteiger partial charge in [0.25, 0.3) is 6.01 Å². The first kappa shape index (κ1) is 11.7. The molecule has 0 spiro atoms. The third kappa shape index (κ3) is 2.87. The number of imidazole rings is 1. The van der Waals surface area contributed by atoms with Gasteiger partial charge in [-0.2, -0.15) is 0 Å². The smallest absolute Gasteiger partial charge is 0.293 e. The number of aromatic nitrogens is 2. The lowest BCUT2D eigenvalue weighted by molar-refractivity contribution is 0.384. The van der Waals surface area contributed by atoms with Crippen molar-refractivity contribution in [3.05, 3.63) is 36.0 Å². The van der Waals surface area contributed by atoms with Crippen LogP contribution in [0.2, 0.25) is 0 Å². The minimum atomic E-state index is 0.547. The van der Waals surface area contributed by atoms with Crippen LogP contribution in [-0.2, 0) is 6.42 Å². The minimum Gasteiger partial charge on any atom is -0.468 e. The molecule has 1 aromatic carbocycles. The van der Waals surface area contributed by atoms with Gasteiger partial charge in [0.15, 0.2) is 0 Å². The van der Waals surface area contributed by atoms with Gasteiger partial charge in [0, 0.05) is 0 Å². The van der Waals surface area contributed by atoms with E-state index in [4.69, 9.17) is 4.74 Å². The largest absolute Gasteiger partial charge is 0.468 e. The Kier molecular flexibility index (Phi) is 3.47. The Morgan fingerprint density at radius 1 is 1.24 bits per heavy atom. The van der Waals surface area contributed by atoms with Crippen LogP contribution in [0.4, 0.5) is 0 Å². The molecule has 1 heterocycles. The van der Waals surface area contributed by atoms with E-state index in [1.807, 2.05) is 0 Å². The second-order valence-electron chi connectivity index (χ2n) is 4.60. The SMILES string of the molecule is COc1ncc(-c2ccc(CC(C)C)cc2)[nH]1. The number of rotatable bonds is 4. The number of H-pyrrole nitrogens is 1. The van der Waals surface area contributed by atoms with Crippen LogP contribution >= 0.6 is 0 Å². The molecule has 0 atom stereocenters. The lowest BCUT2D eigenvalue weighted by Crippen LogP contribution is -1.93. The first-order valence-corrected chi connectivity index (χ1v) is 5.87. The van der Waals surface area contributed by atoms with Crippen molar-refractivity contribution >= 4 is 0 Å². The Morgan fingerprint density at radius 2 is 1.94 bits per heavy atom. The number of aromatic amines is 1. The second-order valence-corrected chi connectivity index (χ2v) is 4.60. The molecule has 0 aliphatic heterocycles. The molecule has 0 fully saturated rings. The zero-order chi connectivity index (χ0) is 12.3. The number of hydrogen-bond donors (Lipinski definition) is 1. The predicted molar refractivity (Wildman–Crippen MR) is 69.1 cm³/mol. The molecule has 1 aromatic heterocycles. The molecule has 0 amide bonds. The molecule has 0 radical (unpaired) electrons. The highest BCUT2D eigenvalue weighted by molar-refractivity contribution is 5.59. The lowest BCUT2D eigenvalue weighted by atomic mass is 10.0. The molecule has 0 unspecified atom stereocenters. The third-order valence-electron chi connectivity index (χ3n) is 2.65. The number of benzene rings is 1. The molecular formula is C14H18N2O. The summed E-state index contributed by atoms with van der Waals surface area (Å²) in [4.78, 5) is 7.21. The maximum atomic E-state index is 5.03. The van der Waals surface area contributed by atoms with E-state index in [0.29, 0.717) is 11.9 Å². The van der Waals surface area contributed by atoms with Gasteiger partial charge in [0.2, 0.25) is 0 Å². The molecular weight excluding hydrogens is 212 g/mol. The van der Waals surface area contributed by atoms with Crippen molar-refractivity contribution in [1.29, 1.82) is 0 Å². The predicted octanol–water partition coefficient (Wildman–Crippen LogP) is 3.28. The molecule has 0 saturated carbocycles. The fraction of sp³-hybridized carbons (Fsp3) is 0.357. The number of methoxy groups -OCH3 is 1. The second kappa shape index (κ2) is 5.04. The van der Waals surface area contributed by atoms with E-state index < -0.39 is 0 Å². The first-order chi connectivity index (χ1) is 8.19. The van der Waals surface area contributed by atoms with Crippen molar-refractivity contribution in [3.63, 3.8) is 0 Å². The molecule has 17 heavy (non-hydrogen) atoms. The topological polar surface area (TPSA) is 37.9 Å². The minimum absolute atomic E-state index is 0.547. The van der Waals surface area contributed by atoms with Gasteiger partial charge in [-0.25, -0.2) is 4.98 Å². The van der Waals surface area contributed by atoms with Crippen LogP contribution in [0.25, 0.3) is 11.3 Å². The standard InChI is InChI=1S/C14H18N2O/c1-10(2)8-11-4-6-12(7-5-11)13-9-15-14(16-13)17-3/h4-7,9-10H,8H2,1-3H3,(H,15,16). The Bertz CT molecular complexity index is 471. The summed E-state index contributed by atoms with van der Waals surface area (Å²) in [6.45, 7) is 4.46. The van der Waals surface area contributed by atoms with E-state index in [1.165, 1.54) is 5.56 Å². The van der Waals surface area contributed by atoms with Gasteiger partial charge in [-0.3, -0.25) is 0 Å². The summed E-state index contributed by atoms with van der Waals surface area (Å²) in [5.74, 6) is 0.688. The van der Waals surface area contributed by atoms with Gasteiger partial charge in [0.1, 0.15) is 0 Å². The van der Waals surface area contributed by atoms with E-state index in [1.54, 1.807) is 13.3 Å². The molecule has 1 N–H and O–H groups in total. The van der Waals surface area contributed by atoms with E-state index in [2.05, 4.69) is 48.1 Å². The first-order valence-electron chi connectivity index (χ1n) is 5.87. The van der Waals surface area contributed by atoms with Crippen molar-refractivity contribution in [2.24, 2.45) is 5.92 Å². The van der Waals surface area contributed by atoms with Crippen LogP contribution in [0.1, 0.15) is 19.4 Å². The van der Waals surface area contributed by atoms with Gasteiger partial charge in [0.05, 0.1) is 19.0 Å². The van der Waals surface area contributed by atoms with E-state index in [9.17, 15) is 0 Å². The van der Waals surface area contributed by atoms with Crippen molar-refractivity contribution < 1.29 is 4.74 Å². The number of ether oxygens (including phenoxy) is 1. The highest BCUT2D eigenvalue weighted by Crippen LogP contribution is 2.20. The summed E-state index contributed by atoms with van der Waals surface area (Å²) < 4.78 is 5.03. The normalized spacial score (nSPS) is 10.8. The fourth-order valence-electron chi connectivity index (χ4n) is 1.85. The average Bonchev–Trinajstić information content (AvgIpc) is 2.78. The lowest BCUT2D eigenvalue weighted by Gasteiger charge is -2.05. The Balaban J connectivity index is 2.17. The Labute approximate surface area is 102 Å². The van der Waals surface area contributed by atoms with Gasteiger partial charge >= 0.3 is 0 Å². The van der Waals surface area contributed by atoms with Gasteiger partial charge in [-0.05, 0) is 23.5 Å². The molecule has 0 aliphatic rings. The van der Waals surface area contributed by atoms with Gasteiger partial charge < -0.3 is 9.72 Å². The zero-order valence-corrected chi connectivity index (χ0v) is 10.5. The maximum absolute atomic E-state index is 5.03. The fourth-order valence-corrected chi connectivity index (χ4v) is 1.85. The molecule has 0 saturated heterocycles. The number of nitrogens with one attached hydrogen (secondary N) is 1. The van der Waals surface area contributed by atoms with E-state index in [-0.39, 0.29) is 0 Å². The molecule has 0 bridgehead atoms. The molecule has 2 rings (SSSR count). The van der Waals surface area contributed by atoms with Crippen LogP contribution < -0.4 is 4.74 Å². The molecule has 3 heteroatoms. The van der Waals surface area contributed by atoms with Crippen LogP contribution in [0, 0.1) is 5.92 Å². The highest BCUT2D eigenvalue weighted by atomic mass is 16.5. The van der Waals surface area contributed by atoms with Gasteiger partial charge in [-0.15, -0.1) is 0 Å². The summed E-state index contributed by atoms with van der Waals surface area (Å²) in [7, 11) is 1.61. The highest BCUT2D eigenvalue weighted by Gasteiger charge is 2.03. The average molecular weight is 230 g/mol. The van der Waals surface area contributed by atoms with E-state index >= 15 is 0 Å². The Morgan fingerprint density at radius 3 is 2.47 bits per heavy atom. The van der Waals surface area contributed by atoms with Crippen LogP contribution in [-0.4, -0.2) is 17.1 Å². The maximum Gasteiger partial charge on any atom is 0.293 e. The van der Waals surface area contributed by atoms with Gasteiger partial charge in [-0.1, -0.05) is 38.1 Å². The number of hydrogen-bond acceptors (Lipinski definition) is 2. The summed E-state index contributed by atoms with van der Waals surface area (Å²) >= 11 is 0. The van der Waals surface area contributed by atoms with Crippen LogP contribution in [0.5, 0.6) is 6.01 Å². The van der Waals surface area contributed by atoms with Crippen molar-refractivity contribution in [1.82, 2.24) is 9.97 Å². The zero-order valence-electron chi connectivity index (χ0n) is 10.5. The van der Waals surface area contributed by atoms with Crippen LogP contribution in [0.3, 0.4) is 0 Å². The van der Waals surface area contributed by atoms with Crippen LogP contribution in [0.15, 0.2) is 30.5 Å². The summed E-state index contributed by atoms with van der Waals surface area (Å²) in [6.07, 6.45) is 2.91. The number of nitrogens with zero attached hydrogens (tertiary/aromatic N) is 1. The molecule has 0 aliphatic carbocycles. The summed E-state index contributed by atoms with van der Waals surface area (Å²) in [6, 6.07) is 9.12. The van der Waals surface area contributed by atoms with E-state index in [0.717, 1.165) is 17.7 Å². The quantitative estimate of drug-likeness (QED) is 0.875. The Hall–Kier alpha value is -1.77. The molecule has 90 valence electrons. The molecule has 2 aromatic rings. The summed E-state index contributed by atoms with van der Waals surface area (Å²) in [5, 5.41) is 0. The molecule has 3 nitrogen and oxygen atoms in total. The summed E-state index contributed by atoms with van der Waals surface area (Å²) in [5.41, 5.74) is 3.49. The van der Waals surface area contributed by atoms with Crippen molar-refractivity contribution in [3.8, 4) is 17.3 Å². The monoisotopic (exact) mass is 230 g/mol. The van der Waals surface area contributed by atoms with Crippen molar-refractivity contribution in [2.45, 2.75) is 20.3 Å². The van der Waals surface area contributed by atoms with Crippen molar-refractivity contribution in [2.75, 3.05) is 7.11 Å². The third-order valence-corrected chi connectivity index (χ3v) is 2.65.